The molecule has 2 aromatic rings. The van der Waals surface area contributed by atoms with E-state index in [-0.39, 0.29) is 0 Å². The maximum absolute atomic E-state index is 12.8. The zero-order valence-electron chi connectivity index (χ0n) is 11.2. The fraction of sp³-hybridized carbons (Fsp3) is 0.385. The van der Waals surface area contributed by atoms with E-state index >= 15 is 0 Å². The number of nitrogens with one attached hydrogen (secondary N) is 1. The van der Waals surface area contributed by atoms with Crippen molar-refractivity contribution < 1.29 is 13.2 Å². The van der Waals surface area contributed by atoms with E-state index in [4.69, 9.17) is 0 Å². The average Bonchev–Trinajstić information content (AvgIpc) is 2.83. The van der Waals surface area contributed by atoms with Gasteiger partial charge in [-0.25, -0.2) is 4.68 Å². The van der Waals surface area contributed by atoms with Gasteiger partial charge in [0.2, 0.25) is 0 Å². The lowest BCUT2D eigenvalue weighted by molar-refractivity contribution is -0.137. The van der Waals surface area contributed by atoms with Crippen molar-refractivity contribution in [2.45, 2.75) is 26.6 Å². The highest BCUT2D eigenvalue weighted by molar-refractivity contribution is 5.44. The van der Waals surface area contributed by atoms with Crippen molar-refractivity contribution in [2.24, 2.45) is 0 Å². The number of aryl methyl sites for hydroxylation is 1. The van der Waals surface area contributed by atoms with Gasteiger partial charge in [0, 0.05) is 6.54 Å². The molecule has 0 unspecified atom stereocenters. The van der Waals surface area contributed by atoms with Gasteiger partial charge in [0.25, 0.3) is 0 Å². The number of nitrogens with zero attached hydrogens (tertiary/aromatic N) is 3. The molecule has 20 heavy (non-hydrogen) atoms. The molecule has 0 atom stereocenters. The lowest BCUT2D eigenvalue weighted by atomic mass is 10.1. The van der Waals surface area contributed by atoms with E-state index in [1.54, 1.807) is 13.1 Å². The minimum Gasteiger partial charge on any atom is -0.311 e. The van der Waals surface area contributed by atoms with Crippen LogP contribution in [0, 0.1) is 6.92 Å². The fourth-order valence-corrected chi connectivity index (χ4v) is 1.85. The van der Waals surface area contributed by atoms with Crippen LogP contribution in [0.3, 0.4) is 0 Å². The molecule has 7 heteroatoms. The van der Waals surface area contributed by atoms with Crippen LogP contribution in [-0.2, 0) is 12.7 Å². The first-order chi connectivity index (χ1) is 9.43. The minimum atomic E-state index is -4.37. The third-order valence-corrected chi connectivity index (χ3v) is 2.94. The first-order valence-corrected chi connectivity index (χ1v) is 6.22. The van der Waals surface area contributed by atoms with Gasteiger partial charge in [-0.3, -0.25) is 0 Å². The van der Waals surface area contributed by atoms with Crippen LogP contribution in [0.15, 0.2) is 24.4 Å². The van der Waals surface area contributed by atoms with E-state index in [0.717, 1.165) is 18.7 Å². The highest BCUT2D eigenvalue weighted by Crippen LogP contribution is 2.31. The minimum absolute atomic E-state index is 0.394. The third-order valence-electron chi connectivity index (χ3n) is 2.94. The molecule has 0 radical (unpaired) electrons. The second-order valence-corrected chi connectivity index (χ2v) is 4.42. The van der Waals surface area contributed by atoms with E-state index in [9.17, 15) is 13.2 Å². The van der Waals surface area contributed by atoms with Gasteiger partial charge < -0.3 is 5.32 Å². The van der Waals surface area contributed by atoms with Crippen LogP contribution in [0.25, 0.3) is 5.69 Å². The standard InChI is InChI=1S/C13H15F3N4/c1-3-17-7-11-8-18-19-20(11)12-6-10(13(14,15)16)5-4-9(12)2/h4-6,8,17H,3,7H2,1-2H3. The molecule has 0 aliphatic heterocycles. The molecule has 1 N–H and O–H groups in total. The summed E-state index contributed by atoms with van der Waals surface area (Å²) in [4.78, 5) is 0. The summed E-state index contributed by atoms with van der Waals surface area (Å²) in [6.07, 6.45) is -2.83. The Bertz CT molecular complexity index is 590. The number of hydrogen-bond donors (Lipinski definition) is 1. The van der Waals surface area contributed by atoms with Gasteiger partial charge in [-0.2, -0.15) is 13.2 Å². The van der Waals surface area contributed by atoms with Crippen molar-refractivity contribution in [1.82, 2.24) is 20.3 Å². The molecule has 108 valence electrons. The zero-order chi connectivity index (χ0) is 14.8. The van der Waals surface area contributed by atoms with Crippen molar-refractivity contribution >= 4 is 0 Å². The monoisotopic (exact) mass is 284 g/mol. The van der Waals surface area contributed by atoms with Crippen LogP contribution < -0.4 is 5.32 Å². The molecule has 0 aliphatic rings. The lowest BCUT2D eigenvalue weighted by Crippen LogP contribution is -2.16. The number of rotatable bonds is 4. The highest BCUT2D eigenvalue weighted by Gasteiger charge is 2.31. The van der Waals surface area contributed by atoms with E-state index in [1.807, 2.05) is 6.92 Å². The largest absolute Gasteiger partial charge is 0.416 e. The molecule has 1 heterocycles. The Kier molecular flexibility index (Phi) is 4.08. The normalized spacial score (nSPS) is 11.8. The Morgan fingerprint density at radius 2 is 2.05 bits per heavy atom. The first kappa shape index (κ1) is 14.5. The van der Waals surface area contributed by atoms with E-state index in [0.29, 0.717) is 23.5 Å². The molecule has 0 saturated carbocycles. The van der Waals surface area contributed by atoms with Gasteiger partial charge in [-0.15, -0.1) is 5.10 Å². The third kappa shape index (κ3) is 2.98. The Morgan fingerprint density at radius 1 is 1.30 bits per heavy atom. The quantitative estimate of drug-likeness (QED) is 0.938. The molecular formula is C13H15F3N4. The topological polar surface area (TPSA) is 42.7 Å². The second-order valence-electron chi connectivity index (χ2n) is 4.42. The summed E-state index contributed by atoms with van der Waals surface area (Å²) >= 11 is 0. The summed E-state index contributed by atoms with van der Waals surface area (Å²) < 4.78 is 39.8. The number of benzene rings is 1. The summed E-state index contributed by atoms with van der Waals surface area (Å²) in [5.74, 6) is 0. The van der Waals surface area contributed by atoms with Gasteiger partial charge in [0.1, 0.15) is 0 Å². The number of aromatic nitrogens is 3. The predicted molar refractivity (Wildman–Crippen MR) is 68.5 cm³/mol. The summed E-state index contributed by atoms with van der Waals surface area (Å²) in [5, 5.41) is 10.8. The average molecular weight is 284 g/mol. The lowest BCUT2D eigenvalue weighted by Gasteiger charge is -2.13. The number of alkyl halides is 3. The van der Waals surface area contributed by atoms with E-state index < -0.39 is 11.7 Å². The predicted octanol–water partition coefficient (Wildman–Crippen LogP) is 2.70. The summed E-state index contributed by atoms with van der Waals surface area (Å²) in [6, 6.07) is 3.61. The van der Waals surface area contributed by atoms with E-state index in [2.05, 4.69) is 15.6 Å². The van der Waals surface area contributed by atoms with Crippen LogP contribution in [0.1, 0.15) is 23.7 Å². The summed E-state index contributed by atoms with van der Waals surface area (Å²) in [5.41, 5.74) is 1.13. The van der Waals surface area contributed by atoms with Crippen molar-refractivity contribution in [1.29, 1.82) is 0 Å². The van der Waals surface area contributed by atoms with Crippen molar-refractivity contribution in [2.75, 3.05) is 6.54 Å². The van der Waals surface area contributed by atoms with Crippen molar-refractivity contribution in [3.8, 4) is 5.69 Å². The maximum atomic E-state index is 12.8. The van der Waals surface area contributed by atoms with E-state index in [1.165, 1.54) is 10.7 Å². The first-order valence-electron chi connectivity index (χ1n) is 6.22. The molecule has 0 aliphatic carbocycles. The molecule has 0 saturated heterocycles. The maximum Gasteiger partial charge on any atom is 0.416 e. The SMILES string of the molecule is CCNCc1cnnn1-c1cc(C(F)(F)F)ccc1C. The molecule has 0 bridgehead atoms. The number of hydrogen-bond acceptors (Lipinski definition) is 3. The molecular weight excluding hydrogens is 269 g/mol. The van der Waals surface area contributed by atoms with Crippen molar-refractivity contribution in [3.05, 3.63) is 41.2 Å². The molecule has 0 amide bonds. The zero-order valence-corrected chi connectivity index (χ0v) is 11.2. The Hall–Kier alpha value is -1.89. The number of halogens is 3. The van der Waals surface area contributed by atoms with Crippen LogP contribution in [0.4, 0.5) is 13.2 Å². The van der Waals surface area contributed by atoms with Crippen LogP contribution in [0.2, 0.25) is 0 Å². The Balaban J connectivity index is 2.44. The van der Waals surface area contributed by atoms with Crippen LogP contribution >= 0.6 is 0 Å². The van der Waals surface area contributed by atoms with Crippen molar-refractivity contribution in [3.63, 3.8) is 0 Å². The van der Waals surface area contributed by atoms with Gasteiger partial charge in [-0.1, -0.05) is 18.2 Å². The Labute approximate surface area is 114 Å². The van der Waals surface area contributed by atoms with Crippen LogP contribution in [-0.4, -0.2) is 21.5 Å². The van der Waals surface area contributed by atoms with Crippen LogP contribution in [0.5, 0.6) is 0 Å². The Morgan fingerprint density at radius 3 is 2.70 bits per heavy atom. The van der Waals surface area contributed by atoms with Gasteiger partial charge in [0.05, 0.1) is 23.1 Å². The molecule has 1 aromatic heterocycles. The molecule has 0 spiro atoms. The summed E-state index contributed by atoms with van der Waals surface area (Å²) in [7, 11) is 0. The molecule has 4 nitrogen and oxygen atoms in total. The molecule has 2 rings (SSSR count). The molecule has 1 aromatic carbocycles. The molecule has 0 fully saturated rings. The van der Waals surface area contributed by atoms with Gasteiger partial charge in [0.15, 0.2) is 0 Å². The highest BCUT2D eigenvalue weighted by atomic mass is 19.4. The second kappa shape index (κ2) is 5.62. The smallest absolute Gasteiger partial charge is 0.311 e. The summed E-state index contributed by atoms with van der Waals surface area (Å²) in [6.45, 7) is 4.95. The van der Waals surface area contributed by atoms with Gasteiger partial charge in [-0.05, 0) is 31.2 Å². The van der Waals surface area contributed by atoms with Gasteiger partial charge >= 0.3 is 6.18 Å². The fourth-order valence-electron chi connectivity index (χ4n) is 1.85.